The van der Waals surface area contributed by atoms with Crippen molar-refractivity contribution in [3.63, 3.8) is 0 Å². The van der Waals surface area contributed by atoms with Crippen LogP contribution >= 0.6 is 11.6 Å². The van der Waals surface area contributed by atoms with Crippen molar-refractivity contribution in [2.75, 3.05) is 26.9 Å². The second-order valence-corrected chi connectivity index (χ2v) is 6.30. The van der Waals surface area contributed by atoms with E-state index in [1.54, 1.807) is 7.05 Å². The third-order valence-electron chi connectivity index (χ3n) is 3.93. The molecule has 0 bridgehead atoms. The molecule has 0 unspecified atom stereocenters. The first-order valence-electron chi connectivity index (χ1n) is 8.13. The van der Waals surface area contributed by atoms with Gasteiger partial charge >= 0.3 is 0 Å². The van der Waals surface area contributed by atoms with Crippen molar-refractivity contribution in [1.82, 2.24) is 4.90 Å². The van der Waals surface area contributed by atoms with Crippen molar-refractivity contribution < 1.29 is 23.9 Å². The highest BCUT2D eigenvalue weighted by Gasteiger charge is 2.16. The van der Waals surface area contributed by atoms with Gasteiger partial charge in [-0.3, -0.25) is 14.9 Å². The molecule has 2 aromatic rings. The number of amides is 1. The van der Waals surface area contributed by atoms with Gasteiger partial charge in [0.2, 0.25) is 0 Å². The zero-order valence-electron chi connectivity index (χ0n) is 14.5. The van der Waals surface area contributed by atoms with Crippen molar-refractivity contribution in [3.05, 3.63) is 57.1 Å². The minimum absolute atomic E-state index is 0.0755. The van der Waals surface area contributed by atoms with E-state index in [0.717, 1.165) is 5.56 Å². The first kappa shape index (κ1) is 18.8. The number of nitrogens with zero attached hydrogens (tertiary/aromatic N) is 2. The summed E-state index contributed by atoms with van der Waals surface area (Å²) in [6.07, 6.45) is 0. The van der Waals surface area contributed by atoms with Crippen molar-refractivity contribution in [2.24, 2.45) is 0 Å². The summed E-state index contributed by atoms with van der Waals surface area (Å²) in [4.78, 5) is 24.0. The first-order valence-corrected chi connectivity index (χ1v) is 8.51. The topological polar surface area (TPSA) is 91.1 Å². The number of hydrogen-bond acceptors (Lipinski definition) is 6. The van der Waals surface area contributed by atoms with Crippen LogP contribution in [0.4, 0.5) is 5.69 Å². The number of carbonyl (C=O) groups excluding carboxylic acids is 1. The number of non-ortho nitro benzene ring substituents is 1. The van der Waals surface area contributed by atoms with E-state index in [1.807, 2.05) is 18.2 Å². The number of fused-ring (bicyclic) bond motifs is 1. The molecule has 1 heterocycles. The van der Waals surface area contributed by atoms with Gasteiger partial charge in [0.05, 0.1) is 9.95 Å². The lowest BCUT2D eigenvalue weighted by Crippen LogP contribution is -2.31. The van der Waals surface area contributed by atoms with Crippen molar-refractivity contribution in [1.29, 1.82) is 0 Å². The largest absolute Gasteiger partial charge is 0.486 e. The van der Waals surface area contributed by atoms with Gasteiger partial charge in [0.1, 0.15) is 19.0 Å². The van der Waals surface area contributed by atoms with E-state index in [-0.39, 0.29) is 29.0 Å². The zero-order valence-corrected chi connectivity index (χ0v) is 15.3. The Morgan fingerprint density at radius 2 is 1.96 bits per heavy atom. The van der Waals surface area contributed by atoms with E-state index in [4.69, 9.17) is 25.8 Å². The van der Waals surface area contributed by atoms with Crippen LogP contribution in [-0.2, 0) is 11.3 Å². The van der Waals surface area contributed by atoms with Gasteiger partial charge in [-0.25, -0.2) is 0 Å². The number of halogens is 1. The van der Waals surface area contributed by atoms with Crippen LogP contribution in [0.5, 0.6) is 17.2 Å². The molecule has 0 radical (unpaired) electrons. The monoisotopic (exact) mass is 392 g/mol. The summed E-state index contributed by atoms with van der Waals surface area (Å²) in [6, 6.07) is 9.34. The summed E-state index contributed by atoms with van der Waals surface area (Å²) in [7, 11) is 1.65. The molecule has 1 aliphatic rings. The highest BCUT2D eigenvalue weighted by atomic mass is 35.5. The standard InChI is InChI=1S/C18H17ClN2O6/c1-20(10-12-2-4-16-17(8-12)26-7-6-25-16)18(22)11-27-15-5-3-13(21(23)24)9-14(15)19/h2-5,8-9H,6-7,10-11H2,1H3. The van der Waals surface area contributed by atoms with Gasteiger partial charge < -0.3 is 19.1 Å². The van der Waals surface area contributed by atoms with Gasteiger partial charge in [0, 0.05) is 25.7 Å². The molecule has 2 aromatic carbocycles. The van der Waals surface area contributed by atoms with Crippen LogP contribution in [0.1, 0.15) is 5.56 Å². The Morgan fingerprint density at radius 3 is 2.67 bits per heavy atom. The summed E-state index contributed by atoms with van der Waals surface area (Å²) < 4.78 is 16.4. The fourth-order valence-corrected chi connectivity index (χ4v) is 2.75. The Bertz CT molecular complexity index is 873. The smallest absolute Gasteiger partial charge is 0.271 e. The Morgan fingerprint density at radius 1 is 1.22 bits per heavy atom. The second-order valence-electron chi connectivity index (χ2n) is 5.89. The first-order chi connectivity index (χ1) is 12.9. The number of nitro benzene ring substituents is 1. The summed E-state index contributed by atoms with van der Waals surface area (Å²) in [6.45, 7) is 1.15. The van der Waals surface area contributed by atoms with Crippen molar-refractivity contribution >= 4 is 23.2 Å². The van der Waals surface area contributed by atoms with Gasteiger partial charge in [0.15, 0.2) is 18.1 Å². The quantitative estimate of drug-likeness (QED) is 0.554. The molecule has 9 heteroatoms. The molecule has 27 heavy (non-hydrogen) atoms. The predicted molar refractivity (Wildman–Crippen MR) is 97.5 cm³/mol. The molecule has 0 spiro atoms. The third kappa shape index (κ3) is 4.59. The Labute approximate surface area is 160 Å². The number of ether oxygens (including phenoxy) is 3. The van der Waals surface area contributed by atoms with Crippen molar-refractivity contribution in [3.8, 4) is 17.2 Å². The Kier molecular flexibility index (Phi) is 5.66. The summed E-state index contributed by atoms with van der Waals surface area (Å²) in [5.74, 6) is 1.30. The molecular weight excluding hydrogens is 376 g/mol. The Balaban J connectivity index is 1.57. The fraction of sp³-hybridized carbons (Fsp3) is 0.278. The van der Waals surface area contributed by atoms with Crippen LogP contribution < -0.4 is 14.2 Å². The summed E-state index contributed by atoms with van der Waals surface area (Å²) in [5.41, 5.74) is 0.748. The molecule has 3 rings (SSSR count). The van der Waals surface area contributed by atoms with Gasteiger partial charge in [0.25, 0.3) is 11.6 Å². The van der Waals surface area contributed by atoms with E-state index in [2.05, 4.69) is 0 Å². The maximum atomic E-state index is 12.3. The van der Waals surface area contributed by atoms with Crippen LogP contribution in [0.2, 0.25) is 5.02 Å². The highest BCUT2D eigenvalue weighted by Crippen LogP contribution is 2.31. The maximum absolute atomic E-state index is 12.3. The average Bonchev–Trinajstić information content (AvgIpc) is 2.66. The van der Waals surface area contributed by atoms with E-state index in [1.165, 1.54) is 23.1 Å². The molecule has 0 aromatic heterocycles. The summed E-state index contributed by atoms with van der Waals surface area (Å²) >= 11 is 5.95. The summed E-state index contributed by atoms with van der Waals surface area (Å²) in [5, 5.41) is 10.8. The van der Waals surface area contributed by atoms with Gasteiger partial charge in [-0.2, -0.15) is 0 Å². The Hall–Kier alpha value is -3.00. The van der Waals surface area contributed by atoms with Crippen LogP contribution in [0.25, 0.3) is 0 Å². The number of hydrogen-bond donors (Lipinski definition) is 0. The molecule has 0 saturated carbocycles. The van der Waals surface area contributed by atoms with Crippen LogP contribution in [0.15, 0.2) is 36.4 Å². The lowest BCUT2D eigenvalue weighted by Gasteiger charge is -2.21. The minimum atomic E-state index is -0.554. The average molecular weight is 393 g/mol. The highest BCUT2D eigenvalue weighted by molar-refractivity contribution is 6.32. The second kappa shape index (κ2) is 8.13. The van der Waals surface area contributed by atoms with Crippen molar-refractivity contribution in [2.45, 2.75) is 6.54 Å². The number of likely N-dealkylation sites (N-methyl/N-ethyl adjacent to an activating group) is 1. The number of carbonyl (C=O) groups is 1. The maximum Gasteiger partial charge on any atom is 0.271 e. The van der Waals surface area contributed by atoms with Crippen LogP contribution in [0.3, 0.4) is 0 Å². The molecule has 0 fully saturated rings. The van der Waals surface area contributed by atoms with E-state index < -0.39 is 4.92 Å². The molecule has 8 nitrogen and oxygen atoms in total. The SMILES string of the molecule is CN(Cc1ccc2c(c1)OCCO2)C(=O)COc1ccc([N+](=O)[O-])cc1Cl. The fourth-order valence-electron chi connectivity index (χ4n) is 2.52. The van der Waals surface area contributed by atoms with Crippen LogP contribution in [0, 0.1) is 10.1 Å². The van der Waals surface area contributed by atoms with Crippen LogP contribution in [-0.4, -0.2) is 42.6 Å². The third-order valence-corrected chi connectivity index (χ3v) is 4.22. The van der Waals surface area contributed by atoms with E-state index in [0.29, 0.717) is 31.3 Å². The molecule has 142 valence electrons. The number of rotatable bonds is 6. The predicted octanol–water partition coefficient (Wildman–Crippen LogP) is 3.06. The van der Waals surface area contributed by atoms with Gasteiger partial charge in [-0.1, -0.05) is 17.7 Å². The molecule has 0 N–H and O–H groups in total. The lowest BCUT2D eigenvalue weighted by molar-refractivity contribution is -0.384. The molecule has 0 atom stereocenters. The molecule has 0 saturated heterocycles. The van der Waals surface area contributed by atoms with E-state index in [9.17, 15) is 14.9 Å². The minimum Gasteiger partial charge on any atom is -0.486 e. The zero-order chi connectivity index (χ0) is 19.4. The van der Waals surface area contributed by atoms with Gasteiger partial charge in [-0.05, 0) is 23.8 Å². The normalized spacial score (nSPS) is 12.4. The number of nitro groups is 1. The molecule has 1 amide bonds. The van der Waals surface area contributed by atoms with E-state index >= 15 is 0 Å². The molecular formula is C18H17ClN2O6. The molecule has 1 aliphatic heterocycles. The lowest BCUT2D eigenvalue weighted by atomic mass is 10.2. The molecule has 0 aliphatic carbocycles. The van der Waals surface area contributed by atoms with Gasteiger partial charge in [-0.15, -0.1) is 0 Å². The number of benzene rings is 2.